The van der Waals surface area contributed by atoms with Gasteiger partial charge in [-0.15, -0.1) is 0 Å². The van der Waals surface area contributed by atoms with Gasteiger partial charge in [-0.1, -0.05) is 46.3 Å². The Morgan fingerprint density at radius 3 is 2.44 bits per heavy atom. The monoisotopic (exact) mass is 502 g/mol. The molecule has 0 unspecified atom stereocenters. The minimum atomic E-state index is -1.21. The van der Waals surface area contributed by atoms with E-state index >= 15 is 0 Å². The number of allylic oxidation sites excluding steroid dienone is 2. The molecule has 5 heteroatoms. The third-order valence-electron chi connectivity index (χ3n) is 12.6. The number of fused-ring (bicyclic) bond motifs is 5. The molecule has 4 aliphatic carbocycles. The number of carbonyl (C=O) groups is 1. The molecule has 5 rings (SSSR count). The standard InChI is InChI=1S/C31H50O5/c1-27(2)23-10-9-21-20(29(23,5)14-13-24(27)32)12-16-30(6)19(11-15-31(21,30)7)18-17-22(36-26(18)35-8)25(33)28(3,4)34/h9,18-20,22-23,25-26,33-34H,10-17H2,1-8H3/t18-,19-,20-,22+,23-,25+,26-,29+,30-,31+/m0/s1. The minimum Gasteiger partial charge on any atom is -0.388 e. The molecule has 0 radical (unpaired) electrons. The van der Waals surface area contributed by atoms with Crippen LogP contribution >= 0.6 is 0 Å². The molecule has 0 spiro atoms. The lowest BCUT2D eigenvalue weighted by atomic mass is 9.41. The van der Waals surface area contributed by atoms with Crippen LogP contribution in [0, 0.1) is 45.3 Å². The Bertz CT molecular complexity index is 932. The Labute approximate surface area is 218 Å². The lowest BCUT2D eigenvalue weighted by Gasteiger charge is -2.63. The quantitative estimate of drug-likeness (QED) is 0.485. The molecule has 1 heterocycles. The second-order valence-electron chi connectivity index (χ2n) is 14.9. The molecule has 36 heavy (non-hydrogen) atoms. The van der Waals surface area contributed by atoms with Gasteiger partial charge >= 0.3 is 0 Å². The summed E-state index contributed by atoms with van der Waals surface area (Å²) in [5, 5.41) is 21.2. The minimum absolute atomic E-state index is 0.130. The van der Waals surface area contributed by atoms with Gasteiger partial charge in [0.25, 0.3) is 0 Å². The Morgan fingerprint density at radius 1 is 1.11 bits per heavy atom. The van der Waals surface area contributed by atoms with E-state index in [0.717, 1.165) is 32.1 Å². The molecule has 5 aliphatic rings. The normalized spacial score (nSPS) is 49.2. The Balaban J connectivity index is 1.45. The van der Waals surface area contributed by atoms with Gasteiger partial charge in [0, 0.05) is 24.9 Å². The van der Waals surface area contributed by atoms with Gasteiger partial charge in [-0.25, -0.2) is 0 Å². The number of Topliss-reactive ketones (excluding diaryl/α,β-unsaturated/α-hetero) is 1. The molecule has 3 saturated carbocycles. The van der Waals surface area contributed by atoms with Crippen LogP contribution in [0.4, 0.5) is 0 Å². The molecule has 1 saturated heterocycles. The number of hydrogen-bond donors (Lipinski definition) is 2. The highest BCUT2D eigenvalue weighted by atomic mass is 16.7. The summed E-state index contributed by atoms with van der Waals surface area (Å²) in [6.07, 6.45) is 9.03. The third-order valence-corrected chi connectivity index (χ3v) is 12.6. The Hall–Kier alpha value is -0.750. The molecule has 0 bridgehead atoms. The van der Waals surface area contributed by atoms with Gasteiger partial charge in [0.1, 0.15) is 11.9 Å². The van der Waals surface area contributed by atoms with E-state index in [0.29, 0.717) is 23.5 Å². The number of hydrogen-bond acceptors (Lipinski definition) is 5. The molecule has 0 amide bonds. The third kappa shape index (κ3) is 3.51. The zero-order valence-electron chi connectivity index (χ0n) is 23.9. The van der Waals surface area contributed by atoms with Crippen LogP contribution in [0.5, 0.6) is 0 Å². The molecule has 0 aromatic carbocycles. The SMILES string of the molecule is CO[C@H]1O[C@@H]([C@@H](O)C(C)(C)O)C[C@H]1[C@@H]1CC[C@]2(C)C3=CC[C@H]4C(C)(C)C(=O)CC[C@]4(C)[C@H]3CC[C@@]12C. The topological polar surface area (TPSA) is 76.0 Å². The number of ketones is 1. The maximum Gasteiger partial charge on any atom is 0.160 e. The number of ether oxygens (including phenoxy) is 2. The molecule has 4 fully saturated rings. The van der Waals surface area contributed by atoms with E-state index in [-0.39, 0.29) is 33.9 Å². The van der Waals surface area contributed by atoms with E-state index in [2.05, 4.69) is 40.7 Å². The zero-order valence-corrected chi connectivity index (χ0v) is 23.9. The maximum atomic E-state index is 12.9. The van der Waals surface area contributed by atoms with Crippen molar-refractivity contribution in [2.45, 2.75) is 124 Å². The number of aliphatic hydroxyl groups excluding tert-OH is 1. The first-order valence-corrected chi connectivity index (χ1v) is 14.4. The highest BCUT2D eigenvalue weighted by Gasteiger charge is 2.66. The summed E-state index contributed by atoms with van der Waals surface area (Å²) in [7, 11) is 1.71. The van der Waals surface area contributed by atoms with Crippen molar-refractivity contribution in [1.29, 1.82) is 0 Å². The molecular weight excluding hydrogens is 452 g/mol. The summed E-state index contributed by atoms with van der Waals surface area (Å²) in [6.45, 7) is 15.2. The number of carbonyl (C=O) groups excluding carboxylic acids is 1. The number of methoxy groups -OCH3 is 1. The fourth-order valence-electron chi connectivity index (χ4n) is 10.2. The molecule has 10 atom stereocenters. The molecule has 204 valence electrons. The lowest BCUT2D eigenvalue weighted by Crippen LogP contribution is -2.57. The van der Waals surface area contributed by atoms with Crippen LogP contribution in [0.1, 0.15) is 99.8 Å². The first-order chi connectivity index (χ1) is 16.6. The lowest BCUT2D eigenvalue weighted by molar-refractivity contribution is -0.184. The zero-order chi connectivity index (χ0) is 26.5. The summed E-state index contributed by atoms with van der Waals surface area (Å²) in [6, 6.07) is 0. The van der Waals surface area contributed by atoms with Crippen molar-refractivity contribution in [1.82, 2.24) is 0 Å². The molecule has 0 aromatic rings. The van der Waals surface area contributed by atoms with E-state index < -0.39 is 17.8 Å². The molecule has 0 aromatic heterocycles. The average Bonchev–Trinajstić information content (AvgIpc) is 3.33. The fourth-order valence-corrected chi connectivity index (χ4v) is 10.2. The van der Waals surface area contributed by atoms with Crippen LogP contribution in [0.25, 0.3) is 0 Å². The van der Waals surface area contributed by atoms with Gasteiger partial charge in [-0.2, -0.15) is 0 Å². The van der Waals surface area contributed by atoms with E-state index in [1.54, 1.807) is 26.5 Å². The van der Waals surface area contributed by atoms with Crippen LogP contribution < -0.4 is 0 Å². The van der Waals surface area contributed by atoms with E-state index in [4.69, 9.17) is 9.47 Å². The van der Waals surface area contributed by atoms with Gasteiger partial charge < -0.3 is 19.7 Å². The fraction of sp³-hybridized carbons (Fsp3) is 0.903. The number of aliphatic hydroxyl groups is 2. The van der Waals surface area contributed by atoms with Crippen LogP contribution in [0.3, 0.4) is 0 Å². The summed E-state index contributed by atoms with van der Waals surface area (Å²) in [4.78, 5) is 12.9. The smallest absolute Gasteiger partial charge is 0.160 e. The molecular formula is C31H50O5. The molecule has 1 aliphatic heterocycles. The average molecular weight is 503 g/mol. The Morgan fingerprint density at radius 2 is 1.81 bits per heavy atom. The van der Waals surface area contributed by atoms with E-state index in [9.17, 15) is 15.0 Å². The van der Waals surface area contributed by atoms with E-state index in [1.807, 2.05) is 0 Å². The van der Waals surface area contributed by atoms with Crippen LogP contribution in [-0.4, -0.2) is 47.2 Å². The van der Waals surface area contributed by atoms with Crippen molar-refractivity contribution >= 4 is 5.78 Å². The van der Waals surface area contributed by atoms with Crippen molar-refractivity contribution in [3.63, 3.8) is 0 Å². The summed E-state index contributed by atoms with van der Waals surface area (Å²) in [5.41, 5.74) is 0.681. The summed E-state index contributed by atoms with van der Waals surface area (Å²) >= 11 is 0. The van der Waals surface area contributed by atoms with Crippen LogP contribution in [0.2, 0.25) is 0 Å². The first kappa shape index (κ1) is 26.8. The van der Waals surface area contributed by atoms with Gasteiger partial charge in [0.2, 0.25) is 0 Å². The first-order valence-electron chi connectivity index (χ1n) is 14.4. The molecule has 2 N–H and O–H groups in total. The highest BCUT2D eigenvalue weighted by molar-refractivity contribution is 5.85. The van der Waals surface area contributed by atoms with Gasteiger partial charge in [-0.3, -0.25) is 4.79 Å². The van der Waals surface area contributed by atoms with Gasteiger partial charge in [-0.05, 0) is 92.8 Å². The predicted octanol–water partition coefficient (Wildman–Crippen LogP) is 5.67. The number of rotatable bonds is 4. The van der Waals surface area contributed by atoms with Crippen molar-refractivity contribution in [3.8, 4) is 0 Å². The van der Waals surface area contributed by atoms with Crippen molar-refractivity contribution in [3.05, 3.63) is 11.6 Å². The summed E-state index contributed by atoms with van der Waals surface area (Å²) in [5.74, 6) is 2.09. The van der Waals surface area contributed by atoms with Gasteiger partial charge in [0.15, 0.2) is 6.29 Å². The van der Waals surface area contributed by atoms with Crippen LogP contribution in [0.15, 0.2) is 11.6 Å². The van der Waals surface area contributed by atoms with Gasteiger partial charge in [0.05, 0.1) is 11.7 Å². The predicted molar refractivity (Wildman–Crippen MR) is 140 cm³/mol. The second kappa shape index (κ2) is 8.37. The molecule has 5 nitrogen and oxygen atoms in total. The van der Waals surface area contributed by atoms with Crippen molar-refractivity contribution < 1.29 is 24.5 Å². The summed E-state index contributed by atoms with van der Waals surface area (Å²) < 4.78 is 12.1. The van der Waals surface area contributed by atoms with E-state index in [1.165, 1.54) is 19.3 Å². The van der Waals surface area contributed by atoms with Crippen molar-refractivity contribution in [2.24, 2.45) is 45.3 Å². The second-order valence-corrected chi connectivity index (χ2v) is 14.9. The Kier molecular flexibility index (Phi) is 6.24. The van der Waals surface area contributed by atoms with Crippen LogP contribution in [-0.2, 0) is 14.3 Å². The maximum absolute atomic E-state index is 12.9. The van der Waals surface area contributed by atoms with Crippen molar-refractivity contribution in [2.75, 3.05) is 7.11 Å². The largest absolute Gasteiger partial charge is 0.388 e. The highest BCUT2D eigenvalue weighted by Crippen LogP contribution is 2.73.